The van der Waals surface area contributed by atoms with E-state index < -0.39 is 6.43 Å². The second-order valence-electron chi connectivity index (χ2n) is 8.14. The van der Waals surface area contributed by atoms with Gasteiger partial charge in [0.15, 0.2) is 0 Å². The first-order chi connectivity index (χ1) is 15.5. The second-order valence-corrected chi connectivity index (χ2v) is 8.14. The van der Waals surface area contributed by atoms with Crippen molar-refractivity contribution in [1.29, 1.82) is 0 Å². The molecule has 1 aliphatic carbocycles. The van der Waals surface area contributed by atoms with E-state index in [1.165, 1.54) is 23.0 Å². The van der Waals surface area contributed by atoms with Crippen molar-refractivity contribution in [3.05, 3.63) is 58.8 Å². The Labute approximate surface area is 183 Å². The van der Waals surface area contributed by atoms with Crippen LogP contribution >= 0.6 is 0 Å². The van der Waals surface area contributed by atoms with Gasteiger partial charge in [-0.1, -0.05) is 5.21 Å². The molecule has 1 fully saturated rings. The van der Waals surface area contributed by atoms with E-state index in [9.17, 15) is 13.6 Å². The molecule has 0 N–H and O–H groups in total. The highest BCUT2D eigenvalue weighted by atomic mass is 19.3. The molecule has 0 spiro atoms. The zero-order valence-electron chi connectivity index (χ0n) is 17.5. The zero-order chi connectivity index (χ0) is 22.2. The molecule has 10 heteroatoms. The van der Waals surface area contributed by atoms with E-state index in [2.05, 4.69) is 20.3 Å². The standard InChI is InChI=1S/C22H22F2N6O2/c1-13-19(30(28-27-13)17-4-5-18(21(23)24)25-10-17)12-32-20-8-15-6-7-29(11-16(15)9-26-20)22(31)14-2-3-14/h4-5,8-10,14,21H,2-3,6-7,11-12H2,1H3. The number of carbonyl (C=O) groups is 1. The Morgan fingerprint density at radius 1 is 1.22 bits per heavy atom. The fraction of sp³-hybridized carbons (Fsp3) is 0.409. The number of amides is 1. The van der Waals surface area contributed by atoms with E-state index in [1.807, 2.05) is 11.0 Å². The average molecular weight is 440 g/mol. The Hall–Kier alpha value is -3.43. The first-order valence-electron chi connectivity index (χ1n) is 10.5. The van der Waals surface area contributed by atoms with Crippen LogP contribution in [0.4, 0.5) is 8.78 Å². The van der Waals surface area contributed by atoms with Gasteiger partial charge >= 0.3 is 0 Å². The number of rotatable bonds is 6. The van der Waals surface area contributed by atoms with Gasteiger partial charge in [-0.05, 0) is 49.4 Å². The summed E-state index contributed by atoms with van der Waals surface area (Å²) in [5.41, 5.74) is 3.74. The van der Waals surface area contributed by atoms with Crippen molar-refractivity contribution in [2.45, 2.75) is 45.8 Å². The van der Waals surface area contributed by atoms with Gasteiger partial charge in [0.05, 0.1) is 17.6 Å². The molecular weight excluding hydrogens is 418 g/mol. The van der Waals surface area contributed by atoms with Crippen molar-refractivity contribution in [2.75, 3.05) is 6.54 Å². The first-order valence-corrected chi connectivity index (χ1v) is 10.5. The molecule has 2 aliphatic rings. The summed E-state index contributed by atoms with van der Waals surface area (Å²) >= 11 is 0. The topological polar surface area (TPSA) is 86.0 Å². The minimum Gasteiger partial charge on any atom is -0.471 e. The number of hydrogen-bond donors (Lipinski definition) is 0. The van der Waals surface area contributed by atoms with Crippen molar-refractivity contribution in [3.8, 4) is 11.6 Å². The van der Waals surface area contributed by atoms with E-state index in [-0.39, 0.29) is 24.1 Å². The Balaban J connectivity index is 1.28. The molecule has 0 aromatic carbocycles. The number of aryl methyl sites for hydroxylation is 1. The highest BCUT2D eigenvalue weighted by molar-refractivity contribution is 5.81. The molecule has 0 atom stereocenters. The van der Waals surface area contributed by atoms with E-state index in [4.69, 9.17) is 4.74 Å². The third kappa shape index (κ3) is 4.04. The van der Waals surface area contributed by atoms with Crippen LogP contribution in [0.15, 0.2) is 30.6 Å². The second kappa shape index (κ2) is 8.25. The van der Waals surface area contributed by atoms with Crippen molar-refractivity contribution < 1.29 is 18.3 Å². The summed E-state index contributed by atoms with van der Waals surface area (Å²) in [7, 11) is 0. The molecule has 3 aromatic rings. The lowest BCUT2D eigenvalue weighted by Gasteiger charge is -2.29. The van der Waals surface area contributed by atoms with Crippen LogP contribution in [0.3, 0.4) is 0 Å². The van der Waals surface area contributed by atoms with E-state index in [0.29, 0.717) is 36.0 Å². The van der Waals surface area contributed by atoms with Crippen LogP contribution < -0.4 is 4.74 Å². The molecule has 8 nitrogen and oxygen atoms in total. The predicted octanol–water partition coefficient (Wildman–Crippen LogP) is 3.18. The lowest BCUT2D eigenvalue weighted by atomic mass is 10.0. The first kappa shape index (κ1) is 20.5. The monoisotopic (exact) mass is 440 g/mol. The molecule has 0 bridgehead atoms. The number of ether oxygens (including phenoxy) is 1. The lowest BCUT2D eigenvalue weighted by molar-refractivity contribution is -0.133. The van der Waals surface area contributed by atoms with Gasteiger partial charge < -0.3 is 9.64 Å². The van der Waals surface area contributed by atoms with Crippen molar-refractivity contribution in [2.24, 2.45) is 5.92 Å². The van der Waals surface area contributed by atoms with Crippen LogP contribution in [0.5, 0.6) is 5.88 Å². The molecule has 0 radical (unpaired) electrons. The van der Waals surface area contributed by atoms with Crippen molar-refractivity contribution >= 4 is 5.91 Å². The van der Waals surface area contributed by atoms with Gasteiger partial charge in [-0.2, -0.15) is 0 Å². The van der Waals surface area contributed by atoms with Gasteiger partial charge in [-0.25, -0.2) is 18.4 Å². The molecule has 0 unspecified atom stereocenters. The maximum absolute atomic E-state index is 12.8. The van der Waals surface area contributed by atoms with Crippen LogP contribution in [0, 0.1) is 12.8 Å². The third-order valence-corrected chi connectivity index (χ3v) is 5.86. The molecule has 4 heterocycles. The fourth-order valence-electron chi connectivity index (χ4n) is 3.82. The summed E-state index contributed by atoms with van der Waals surface area (Å²) in [5.74, 6) is 0.947. The summed E-state index contributed by atoms with van der Waals surface area (Å²) in [6.07, 6.45) is 3.26. The van der Waals surface area contributed by atoms with Crippen LogP contribution in [-0.4, -0.2) is 42.3 Å². The number of nitrogens with zero attached hydrogens (tertiary/aromatic N) is 6. The highest BCUT2D eigenvalue weighted by Crippen LogP contribution is 2.33. The summed E-state index contributed by atoms with van der Waals surface area (Å²) < 4.78 is 33.0. The molecule has 1 amide bonds. The number of carbonyl (C=O) groups excluding carboxylic acids is 1. The third-order valence-electron chi connectivity index (χ3n) is 5.86. The largest absolute Gasteiger partial charge is 0.471 e. The van der Waals surface area contributed by atoms with Crippen molar-refractivity contribution in [1.82, 2.24) is 29.9 Å². The maximum Gasteiger partial charge on any atom is 0.280 e. The summed E-state index contributed by atoms with van der Waals surface area (Å²) in [6.45, 7) is 3.26. The minimum absolute atomic E-state index is 0.160. The zero-order valence-corrected chi connectivity index (χ0v) is 17.5. The summed E-state index contributed by atoms with van der Waals surface area (Å²) in [6, 6.07) is 4.71. The highest BCUT2D eigenvalue weighted by Gasteiger charge is 2.34. The number of fused-ring (bicyclic) bond motifs is 1. The van der Waals surface area contributed by atoms with Gasteiger partial charge in [0.25, 0.3) is 6.43 Å². The number of halogens is 2. The Morgan fingerprint density at radius 2 is 2.06 bits per heavy atom. The molecule has 1 saturated carbocycles. The van der Waals surface area contributed by atoms with Crippen molar-refractivity contribution in [3.63, 3.8) is 0 Å². The van der Waals surface area contributed by atoms with Crippen LogP contribution in [0.25, 0.3) is 5.69 Å². The van der Waals surface area contributed by atoms with Gasteiger partial charge in [0.1, 0.15) is 18.0 Å². The van der Waals surface area contributed by atoms with Gasteiger partial charge in [0, 0.05) is 31.3 Å². The van der Waals surface area contributed by atoms with E-state index in [1.54, 1.807) is 13.1 Å². The fourth-order valence-corrected chi connectivity index (χ4v) is 3.82. The minimum atomic E-state index is -2.63. The van der Waals surface area contributed by atoms with Crippen LogP contribution in [-0.2, 0) is 24.4 Å². The Bertz CT molecular complexity index is 1140. The molecule has 5 rings (SSSR count). The molecule has 32 heavy (non-hydrogen) atoms. The Kier molecular flexibility index (Phi) is 5.28. The summed E-state index contributed by atoms with van der Waals surface area (Å²) in [4.78, 5) is 22.4. The molecule has 3 aromatic heterocycles. The maximum atomic E-state index is 12.8. The number of aromatic nitrogens is 5. The predicted molar refractivity (Wildman–Crippen MR) is 109 cm³/mol. The quantitative estimate of drug-likeness (QED) is 0.585. The molecule has 0 saturated heterocycles. The number of hydrogen-bond acceptors (Lipinski definition) is 6. The molecular formula is C22H22F2N6O2. The van der Waals surface area contributed by atoms with Gasteiger partial charge in [-0.3, -0.25) is 9.78 Å². The lowest BCUT2D eigenvalue weighted by Crippen LogP contribution is -2.36. The van der Waals surface area contributed by atoms with Gasteiger partial charge in [-0.15, -0.1) is 5.10 Å². The SMILES string of the molecule is Cc1nnn(-c2ccc(C(F)F)nc2)c1COc1cc2c(cn1)CN(C(=O)C1CC1)CC2. The average Bonchev–Trinajstić information content (AvgIpc) is 3.59. The van der Waals surface area contributed by atoms with E-state index >= 15 is 0 Å². The van der Waals surface area contributed by atoms with Gasteiger partial charge in [0.2, 0.25) is 11.8 Å². The molecule has 166 valence electrons. The number of pyridine rings is 2. The Morgan fingerprint density at radius 3 is 2.78 bits per heavy atom. The number of alkyl halides is 2. The summed E-state index contributed by atoms with van der Waals surface area (Å²) in [5, 5.41) is 8.16. The van der Waals surface area contributed by atoms with E-state index in [0.717, 1.165) is 30.4 Å². The molecule has 1 aliphatic heterocycles. The smallest absolute Gasteiger partial charge is 0.280 e. The van der Waals surface area contributed by atoms with Crippen LogP contribution in [0.1, 0.15) is 47.5 Å². The van der Waals surface area contributed by atoms with Crippen LogP contribution in [0.2, 0.25) is 0 Å². The normalized spacial score (nSPS) is 15.7.